The highest BCUT2D eigenvalue weighted by atomic mass is 32.2. The first-order chi connectivity index (χ1) is 7.91. The second-order valence-electron chi connectivity index (χ2n) is 4.99. The summed E-state index contributed by atoms with van der Waals surface area (Å²) in [5.74, 6) is 0.976. The number of thioether (sulfide) groups is 1. The molecule has 17 heavy (non-hydrogen) atoms. The molecular formula is C14H23NOS. The molecule has 2 nitrogen and oxygen atoms in total. The van der Waals surface area contributed by atoms with Crippen LogP contribution in [-0.4, -0.2) is 18.9 Å². The summed E-state index contributed by atoms with van der Waals surface area (Å²) >= 11 is 1.77. The Bertz CT molecular complexity index is 383. The maximum atomic E-state index is 6.10. The molecular weight excluding hydrogens is 230 g/mol. The smallest absolute Gasteiger partial charge is 0.122 e. The molecule has 0 aliphatic carbocycles. The second kappa shape index (κ2) is 5.78. The van der Waals surface area contributed by atoms with Gasteiger partial charge in [0.25, 0.3) is 0 Å². The summed E-state index contributed by atoms with van der Waals surface area (Å²) < 4.78 is 5.44. The molecule has 1 aromatic rings. The number of ether oxygens (including phenoxy) is 1. The Morgan fingerprint density at radius 3 is 2.35 bits per heavy atom. The van der Waals surface area contributed by atoms with Crippen molar-refractivity contribution < 1.29 is 4.74 Å². The minimum atomic E-state index is -0.191. The molecule has 0 aliphatic heterocycles. The van der Waals surface area contributed by atoms with Crippen molar-refractivity contribution in [2.45, 2.75) is 44.0 Å². The van der Waals surface area contributed by atoms with Gasteiger partial charge in [0.1, 0.15) is 5.75 Å². The van der Waals surface area contributed by atoms with Crippen LogP contribution in [0.15, 0.2) is 17.0 Å². The fraction of sp³-hybridized carbons (Fsp3) is 0.571. The maximum Gasteiger partial charge on any atom is 0.122 e. The first-order valence-electron chi connectivity index (χ1n) is 5.94. The summed E-state index contributed by atoms with van der Waals surface area (Å²) in [5.41, 5.74) is 8.45. The second-order valence-corrected chi connectivity index (χ2v) is 5.84. The van der Waals surface area contributed by atoms with Gasteiger partial charge in [0.05, 0.1) is 7.11 Å². The van der Waals surface area contributed by atoms with E-state index in [0.29, 0.717) is 0 Å². The zero-order valence-electron chi connectivity index (χ0n) is 11.5. The van der Waals surface area contributed by atoms with Crippen molar-refractivity contribution in [2.24, 2.45) is 5.73 Å². The van der Waals surface area contributed by atoms with Crippen molar-refractivity contribution in [3.8, 4) is 5.75 Å². The number of rotatable bonds is 5. The van der Waals surface area contributed by atoms with Gasteiger partial charge >= 0.3 is 0 Å². The first kappa shape index (κ1) is 14.4. The van der Waals surface area contributed by atoms with Crippen LogP contribution in [-0.2, 0) is 12.8 Å². The molecule has 96 valence electrons. The Morgan fingerprint density at radius 1 is 1.29 bits per heavy atom. The van der Waals surface area contributed by atoms with E-state index in [1.165, 1.54) is 16.0 Å². The third-order valence-electron chi connectivity index (χ3n) is 2.71. The number of hydrogen-bond acceptors (Lipinski definition) is 3. The lowest BCUT2D eigenvalue weighted by atomic mass is 9.95. The number of hydrogen-bond donors (Lipinski definition) is 1. The lowest BCUT2D eigenvalue weighted by molar-refractivity contribution is 0.408. The van der Waals surface area contributed by atoms with Gasteiger partial charge in [-0.05, 0) is 56.2 Å². The highest BCUT2D eigenvalue weighted by molar-refractivity contribution is 7.98. The molecule has 0 saturated carbocycles. The molecule has 1 aromatic carbocycles. The number of methoxy groups -OCH3 is 1. The van der Waals surface area contributed by atoms with Crippen LogP contribution in [0.25, 0.3) is 0 Å². The predicted molar refractivity (Wildman–Crippen MR) is 76.1 cm³/mol. The van der Waals surface area contributed by atoms with Crippen LogP contribution in [0, 0.1) is 0 Å². The van der Waals surface area contributed by atoms with Crippen LogP contribution < -0.4 is 10.5 Å². The molecule has 0 amide bonds. The van der Waals surface area contributed by atoms with Crippen LogP contribution >= 0.6 is 11.8 Å². The van der Waals surface area contributed by atoms with Gasteiger partial charge in [-0.3, -0.25) is 0 Å². The maximum absolute atomic E-state index is 6.10. The van der Waals surface area contributed by atoms with E-state index >= 15 is 0 Å². The van der Waals surface area contributed by atoms with Gasteiger partial charge in [-0.25, -0.2) is 0 Å². The van der Waals surface area contributed by atoms with E-state index in [0.717, 1.165) is 18.6 Å². The Morgan fingerprint density at radius 2 is 1.94 bits per heavy atom. The number of aryl methyl sites for hydroxylation is 1. The number of nitrogens with two attached hydrogens (primary N) is 1. The molecule has 3 heteroatoms. The Kier molecular flexibility index (Phi) is 4.90. The molecule has 0 aromatic heterocycles. The largest absolute Gasteiger partial charge is 0.496 e. The van der Waals surface area contributed by atoms with Crippen LogP contribution in [0.5, 0.6) is 5.75 Å². The Balaban J connectivity index is 3.19. The van der Waals surface area contributed by atoms with Crippen LogP contribution in [0.3, 0.4) is 0 Å². The van der Waals surface area contributed by atoms with Crippen molar-refractivity contribution in [3.05, 3.63) is 23.3 Å². The third-order valence-corrected chi connectivity index (χ3v) is 3.53. The Labute approximate surface area is 109 Å². The van der Waals surface area contributed by atoms with Crippen molar-refractivity contribution in [1.29, 1.82) is 0 Å². The molecule has 0 bridgehead atoms. The van der Waals surface area contributed by atoms with Crippen molar-refractivity contribution in [2.75, 3.05) is 13.4 Å². The summed E-state index contributed by atoms with van der Waals surface area (Å²) in [6, 6.07) is 4.36. The topological polar surface area (TPSA) is 35.2 Å². The lowest BCUT2D eigenvalue weighted by Crippen LogP contribution is -2.34. The molecule has 0 unspecified atom stereocenters. The molecule has 1 rings (SSSR count). The molecule has 0 saturated heterocycles. The first-order valence-corrected chi connectivity index (χ1v) is 7.16. The third kappa shape index (κ3) is 3.93. The fourth-order valence-electron chi connectivity index (χ4n) is 1.93. The van der Waals surface area contributed by atoms with Gasteiger partial charge in [0, 0.05) is 10.4 Å². The lowest BCUT2D eigenvalue weighted by Gasteiger charge is -2.21. The molecule has 0 radical (unpaired) electrons. The molecule has 2 N–H and O–H groups in total. The van der Waals surface area contributed by atoms with Gasteiger partial charge in [-0.2, -0.15) is 0 Å². The summed E-state index contributed by atoms with van der Waals surface area (Å²) in [5, 5.41) is 0. The van der Waals surface area contributed by atoms with Crippen LogP contribution in [0.4, 0.5) is 0 Å². The van der Waals surface area contributed by atoms with E-state index < -0.39 is 0 Å². The van der Waals surface area contributed by atoms with Crippen LogP contribution in [0.1, 0.15) is 31.9 Å². The standard InChI is InChI=1S/C14H23NOS/c1-6-10-8-13(17-5)11(7-12(10)16-4)9-14(2,3)15/h7-8H,6,9,15H2,1-5H3. The zero-order chi connectivity index (χ0) is 13.1. The van der Waals surface area contributed by atoms with Crippen LogP contribution in [0.2, 0.25) is 0 Å². The molecule has 0 aliphatic rings. The average molecular weight is 253 g/mol. The zero-order valence-corrected chi connectivity index (χ0v) is 12.3. The van der Waals surface area contributed by atoms with Gasteiger partial charge in [-0.15, -0.1) is 11.8 Å². The highest BCUT2D eigenvalue weighted by Crippen LogP contribution is 2.31. The van der Waals surface area contributed by atoms with Gasteiger partial charge < -0.3 is 10.5 Å². The minimum absolute atomic E-state index is 0.191. The summed E-state index contributed by atoms with van der Waals surface area (Å²) in [6.07, 6.45) is 3.96. The Hall–Kier alpha value is -0.670. The summed E-state index contributed by atoms with van der Waals surface area (Å²) in [7, 11) is 1.73. The van der Waals surface area contributed by atoms with Crippen molar-refractivity contribution in [1.82, 2.24) is 0 Å². The van der Waals surface area contributed by atoms with E-state index in [-0.39, 0.29) is 5.54 Å². The number of benzene rings is 1. The monoisotopic (exact) mass is 253 g/mol. The fourth-order valence-corrected chi connectivity index (χ4v) is 2.58. The van der Waals surface area contributed by atoms with E-state index in [1.54, 1.807) is 18.9 Å². The molecule has 0 atom stereocenters. The summed E-state index contributed by atoms with van der Waals surface area (Å²) in [4.78, 5) is 1.31. The normalized spacial score (nSPS) is 11.6. The minimum Gasteiger partial charge on any atom is -0.496 e. The van der Waals surface area contributed by atoms with Crippen molar-refractivity contribution >= 4 is 11.8 Å². The van der Waals surface area contributed by atoms with Crippen molar-refractivity contribution in [3.63, 3.8) is 0 Å². The SMILES string of the molecule is CCc1cc(SC)c(CC(C)(C)N)cc1OC. The molecule has 0 fully saturated rings. The van der Waals surface area contributed by atoms with Gasteiger partial charge in [0.2, 0.25) is 0 Å². The molecule has 0 spiro atoms. The van der Waals surface area contributed by atoms with Gasteiger partial charge in [-0.1, -0.05) is 6.92 Å². The molecule has 0 heterocycles. The van der Waals surface area contributed by atoms with Gasteiger partial charge in [0.15, 0.2) is 0 Å². The quantitative estimate of drug-likeness (QED) is 0.818. The van der Waals surface area contributed by atoms with E-state index in [9.17, 15) is 0 Å². The highest BCUT2D eigenvalue weighted by Gasteiger charge is 2.16. The van der Waals surface area contributed by atoms with E-state index in [1.807, 2.05) is 0 Å². The predicted octanol–water partition coefficient (Wildman–Crippen LogP) is 3.26. The van der Waals surface area contributed by atoms with E-state index in [4.69, 9.17) is 10.5 Å². The van der Waals surface area contributed by atoms with E-state index in [2.05, 4.69) is 39.2 Å². The average Bonchev–Trinajstić information content (AvgIpc) is 2.26. The summed E-state index contributed by atoms with van der Waals surface area (Å²) in [6.45, 7) is 6.25.